The van der Waals surface area contributed by atoms with Crippen LogP contribution in [0, 0.1) is 6.92 Å². The van der Waals surface area contributed by atoms with Crippen LogP contribution >= 0.6 is 22.9 Å². The summed E-state index contributed by atoms with van der Waals surface area (Å²) in [6.45, 7) is 1.86. The van der Waals surface area contributed by atoms with Gasteiger partial charge in [-0.2, -0.15) is 5.10 Å². The number of carbonyl (C=O) groups excluding carboxylic acids is 1. The number of thiazole rings is 1. The number of aryl methyl sites for hydroxylation is 1. The summed E-state index contributed by atoms with van der Waals surface area (Å²) >= 11 is 7.33. The van der Waals surface area contributed by atoms with Crippen LogP contribution in [-0.2, 0) is 0 Å². The summed E-state index contributed by atoms with van der Waals surface area (Å²) in [5.74, 6) is -0.275. The third-order valence-corrected chi connectivity index (χ3v) is 4.95. The number of rotatable bonds is 3. The molecule has 4 N–H and O–H groups in total. The second-order valence-corrected chi connectivity index (χ2v) is 7.09. The minimum absolute atomic E-state index is 0.254. The van der Waals surface area contributed by atoms with Crippen LogP contribution in [-0.4, -0.2) is 26.1 Å². The maximum atomic E-state index is 12.5. The van der Waals surface area contributed by atoms with Crippen molar-refractivity contribution in [3.05, 3.63) is 51.8 Å². The van der Waals surface area contributed by atoms with Gasteiger partial charge in [-0.1, -0.05) is 11.6 Å². The molecule has 4 aromatic rings. The van der Waals surface area contributed by atoms with Crippen molar-refractivity contribution in [3.63, 3.8) is 0 Å². The molecule has 3 heterocycles. The summed E-state index contributed by atoms with van der Waals surface area (Å²) in [5.41, 5.74) is 9.63. The maximum absolute atomic E-state index is 12.5. The number of hydrogen-bond donors (Lipinski definition) is 3. The fraction of sp³-hybridized carbons (Fsp3) is 0.0588. The van der Waals surface area contributed by atoms with Gasteiger partial charge in [-0.3, -0.25) is 9.89 Å². The van der Waals surface area contributed by atoms with E-state index in [1.54, 1.807) is 23.8 Å². The predicted octanol–water partition coefficient (Wildman–Crippen LogP) is 3.88. The second kappa shape index (κ2) is 6.40. The van der Waals surface area contributed by atoms with Crippen LogP contribution in [0.3, 0.4) is 0 Å². The fourth-order valence-corrected chi connectivity index (χ4v) is 3.29. The zero-order valence-electron chi connectivity index (χ0n) is 13.6. The van der Waals surface area contributed by atoms with Gasteiger partial charge in [-0.05, 0) is 30.7 Å². The van der Waals surface area contributed by atoms with Crippen LogP contribution in [0.2, 0.25) is 5.15 Å². The van der Waals surface area contributed by atoms with Gasteiger partial charge in [0.25, 0.3) is 5.91 Å². The lowest BCUT2D eigenvalue weighted by atomic mass is 10.0. The van der Waals surface area contributed by atoms with Crippen molar-refractivity contribution >= 4 is 51.1 Å². The predicted molar refractivity (Wildman–Crippen MR) is 104 cm³/mol. The van der Waals surface area contributed by atoms with E-state index < -0.39 is 0 Å². The standard InChI is InChI=1S/C17H13ClN6OS/c1-8-22-15(7-26-8)17(25)23-13-3-9(4-14-11(13)6-21-24-14)10-2-12(19)16(18)20-5-10/h2-7H,19H2,1H3,(H,21,24)(H,23,25). The van der Waals surface area contributed by atoms with Gasteiger partial charge >= 0.3 is 0 Å². The summed E-state index contributed by atoms with van der Waals surface area (Å²) in [4.78, 5) is 20.8. The number of nitrogens with zero attached hydrogens (tertiary/aromatic N) is 3. The first-order valence-electron chi connectivity index (χ1n) is 7.63. The fourth-order valence-electron chi connectivity index (χ4n) is 2.60. The van der Waals surface area contributed by atoms with E-state index in [0.717, 1.165) is 27.0 Å². The van der Waals surface area contributed by atoms with E-state index in [0.29, 0.717) is 17.1 Å². The van der Waals surface area contributed by atoms with Gasteiger partial charge in [0, 0.05) is 22.5 Å². The SMILES string of the molecule is Cc1nc(C(=O)Nc2cc(-c3cnc(Cl)c(N)c3)cc3[nH]ncc23)cs1. The average molecular weight is 385 g/mol. The van der Waals surface area contributed by atoms with Gasteiger partial charge in [0.15, 0.2) is 5.15 Å². The zero-order chi connectivity index (χ0) is 18.3. The van der Waals surface area contributed by atoms with Crippen molar-refractivity contribution in [1.82, 2.24) is 20.2 Å². The second-order valence-electron chi connectivity index (χ2n) is 5.66. The number of nitrogen functional groups attached to an aromatic ring is 1. The molecule has 0 saturated heterocycles. The number of benzene rings is 1. The molecule has 1 amide bonds. The number of hydrogen-bond acceptors (Lipinski definition) is 6. The first kappa shape index (κ1) is 16.5. The van der Waals surface area contributed by atoms with Gasteiger partial charge in [0.2, 0.25) is 0 Å². The molecule has 1 aromatic carbocycles. The van der Waals surface area contributed by atoms with Crippen LogP contribution in [0.1, 0.15) is 15.5 Å². The van der Waals surface area contributed by atoms with Crippen molar-refractivity contribution in [2.45, 2.75) is 6.92 Å². The first-order chi connectivity index (χ1) is 12.5. The normalized spacial score (nSPS) is 11.0. The number of anilines is 2. The Morgan fingerprint density at radius 2 is 2.12 bits per heavy atom. The molecule has 26 heavy (non-hydrogen) atoms. The monoisotopic (exact) mass is 384 g/mol. The molecule has 0 aliphatic heterocycles. The Hall–Kier alpha value is -2.97. The van der Waals surface area contributed by atoms with E-state index >= 15 is 0 Å². The average Bonchev–Trinajstić information content (AvgIpc) is 3.26. The summed E-state index contributed by atoms with van der Waals surface area (Å²) in [6.07, 6.45) is 3.29. The number of aromatic amines is 1. The zero-order valence-corrected chi connectivity index (χ0v) is 15.1. The molecular formula is C17H13ClN6OS. The lowest BCUT2D eigenvalue weighted by Crippen LogP contribution is -2.12. The third-order valence-electron chi connectivity index (χ3n) is 3.86. The highest BCUT2D eigenvalue weighted by molar-refractivity contribution is 7.09. The van der Waals surface area contributed by atoms with Crippen molar-refractivity contribution < 1.29 is 4.79 Å². The van der Waals surface area contributed by atoms with Gasteiger partial charge < -0.3 is 11.1 Å². The van der Waals surface area contributed by atoms with Crippen LogP contribution in [0.25, 0.3) is 22.0 Å². The van der Waals surface area contributed by atoms with Crippen molar-refractivity contribution in [2.75, 3.05) is 11.1 Å². The van der Waals surface area contributed by atoms with E-state index in [2.05, 4.69) is 25.5 Å². The van der Waals surface area contributed by atoms with Crippen LogP contribution in [0.4, 0.5) is 11.4 Å². The number of nitrogens with one attached hydrogen (secondary N) is 2. The quantitative estimate of drug-likeness (QED) is 0.464. The largest absolute Gasteiger partial charge is 0.396 e. The highest BCUT2D eigenvalue weighted by Gasteiger charge is 2.14. The molecule has 4 rings (SSSR count). The molecule has 0 radical (unpaired) electrons. The molecule has 0 spiro atoms. The molecule has 0 atom stereocenters. The number of aromatic nitrogens is 4. The Kier molecular flexibility index (Phi) is 4.06. The van der Waals surface area contributed by atoms with E-state index in [1.165, 1.54) is 11.3 Å². The summed E-state index contributed by atoms with van der Waals surface area (Å²) in [7, 11) is 0. The van der Waals surface area contributed by atoms with E-state index in [-0.39, 0.29) is 11.1 Å². The molecular weight excluding hydrogens is 372 g/mol. The number of carbonyl (C=O) groups is 1. The highest BCUT2D eigenvalue weighted by atomic mass is 35.5. The van der Waals surface area contributed by atoms with Crippen LogP contribution in [0.15, 0.2) is 36.0 Å². The smallest absolute Gasteiger partial charge is 0.275 e. The molecule has 0 aliphatic rings. The Bertz CT molecular complexity index is 1140. The number of fused-ring (bicyclic) bond motifs is 1. The lowest BCUT2D eigenvalue weighted by molar-refractivity contribution is 0.102. The van der Waals surface area contributed by atoms with Crippen LogP contribution < -0.4 is 11.1 Å². The van der Waals surface area contributed by atoms with Crippen molar-refractivity contribution in [1.29, 1.82) is 0 Å². The molecule has 0 aliphatic carbocycles. The lowest BCUT2D eigenvalue weighted by Gasteiger charge is -2.09. The Labute approximate surface area is 157 Å². The Morgan fingerprint density at radius 3 is 2.85 bits per heavy atom. The highest BCUT2D eigenvalue weighted by Crippen LogP contribution is 2.32. The number of nitrogens with two attached hydrogens (primary N) is 1. The van der Waals surface area contributed by atoms with E-state index in [9.17, 15) is 4.79 Å². The molecule has 9 heteroatoms. The summed E-state index contributed by atoms with van der Waals surface area (Å²) in [6, 6.07) is 5.50. The molecule has 0 bridgehead atoms. The third kappa shape index (κ3) is 3.00. The summed E-state index contributed by atoms with van der Waals surface area (Å²) < 4.78 is 0. The maximum Gasteiger partial charge on any atom is 0.275 e. The molecule has 7 nitrogen and oxygen atoms in total. The Balaban J connectivity index is 1.77. The van der Waals surface area contributed by atoms with Gasteiger partial charge in [0.05, 0.1) is 28.1 Å². The van der Waals surface area contributed by atoms with Gasteiger partial charge in [-0.15, -0.1) is 11.3 Å². The van der Waals surface area contributed by atoms with Gasteiger partial charge in [0.1, 0.15) is 5.69 Å². The van der Waals surface area contributed by atoms with Crippen LogP contribution in [0.5, 0.6) is 0 Å². The molecule has 0 fully saturated rings. The molecule has 0 unspecified atom stereocenters. The van der Waals surface area contributed by atoms with E-state index in [1.807, 2.05) is 19.1 Å². The first-order valence-corrected chi connectivity index (χ1v) is 8.89. The van der Waals surface area contributed by atoms with Crippen molar-refractivity contribution in [2.24, 2.45) is 0 Å². The number of amides is 1. The van der Waals surface area contributed by atoms with Gasteiger partial charge in [-0.25, -0.2) is 9.97 Å². The number of pyridine rings is 1. The minimum Gasteiger partial charge on any atom is -0.396 e. The number of H-pyrrole nitrogens is 1. The summed E-state index contributed by atoms with van der Waals surface area (Å²) in [5, 5.41) is 13.5. The number of halogens is 1. The Morgan fingerprint density at radius 1 is 1.27 bits per heavy atom. The molecule has 130 valence electrons. The molecule has 0 saturated carbocycles. The minimum atomic E-state index is -0.275. The van der Waals surface area contributed by atoms with E-state index in [4.69, 9.17) is 17.3 Å². The topological polar surface area (TPSA) is 110 Å². The van der Waals surface area contributed by atoms with Crippen molar-refractivity contribution in [3.8, 4) is 11.1 Å². The molecule has 3 aromatic heterocycles.